The van der Waals surface area contributed by atoms with Crippen molar-refractivity contribution in [2.24, 2.45) is 0 Å². The maximum atomic E-state index is 12.7. The van der Waals surface area contributed by atoms with Gasteiger partial charge in [-0.25, -0.2) is 4.39 Å². The summed E-state index contributed by atoms with van der Waals surface area (Å²) >= 11 is 5.83. The van der Waals surface area contributed by atoms with Crippen molar-refractivity contribution in [3.63, 3.8) is 0 Å². The highest BCUT2D eigenvalue weighted by molar-refractivity contribution is 6.30. The molecule has 2 rings (SSSR count). The van der Waals surface area contributed by atoms with Gasteiger partial charge in [-0.2, -0.15) is 0 Å². The molecule has 0 aliphatic heterocycles. The number of carbonyl (C=O) groups excluding carboxylic acids is 1. The molecular weight excluding hydrogens is 281 g/mol. The average Bonchev–Trinajstić information content (AvgIpc) is 2.45. The van der Waals surface area contributed by atoms with Crippen LogP contribution >= 0.6 is 11.6 Å². The summed E-state index contributed by atoms with van der Waals surface area (Å²) in [6.07, 6.45) is -0.849. The molecule has 0 heterocycles. The number of hydrogen-bond acceptors (Lipinski definition) is 2. The molecule has 0 saturated carbocycles. The number of aliphatic hydroxyl groups excluding tert-OH is 1. The Bertz CT molecular complexity index is 601. The van der Waals surface area contributed by atoms with Gasteiger partial charge in [0, 0.05) is 17.1 Å². The summed E-state index contributed by atoms with van der Waals surface area (Å²) in [4.78, 5) is 11.8. The second-order valence-corrected chi connectivity index (χ2v) is 4.72. The average molecular weight is 294 g/mol. The SMILES string of the molecule is O=C(NCC(O)c1cccc(Cl)c1)c1ccc(F)cc1. The molecule has 0 aliphatic carbocycles. The predicted octanol–water partition coefficient (Wildman–Crippen LogP) is 2.94. The molecule has 2 N–H and O–H groups in total. The minimum Gasteiger partial charge on any atom is -0.387 e. The number of benzene rings is 2. The van der Waals surface area contributed by atoms with Crippen molar-refractivity contribution in [3.05, 3.63) is 70.5 Å². The van der Waals surface area contributed by atoms with Crippen molar-refractivity contribution in [1.82, 2.24) is 5.32 Å². The van der Waals surface area contributed by atoms with E-state index in [9.17, 15) is 14.3 Å². The van der Waals surface area contributed by atoms with Crippen LogP contribution in [-0.4, -0.2) is 17.6 Å². The molecular formula is C15H13ClFNO2. The zero-order valence-electron chi connectivity index (χ0n) is 10.5. The Morgan fingerprint density at radius 2 is 1.95 bits per heavy atom. The van der Waals surface area contributed by atoms with Gasteiger partial charge in [-0.15, -0.1) is 0 Å². The van der Waals surface area contributed by atoms with Gasteiger partial charge in [0.1, 0.15) is 5.82 Å². The Kier molecular flexibility index (Phi) is 4.71. The summed E-state index contributed by atoms with van der Waals surface area (Å²) in [7, 11) is 0. The van der Waals surface area contributed by atoms with Crippen molar-refractivity contribution >= 4 is 17.5 Å². The van der Waals surface area contributed by atoms with Gasteiger partial charge in [0.2, 0.25) is 0 Å². The van der Waals surface area contributed by atoms with Crippen LogP contribution in [0.3, 0.4) is 0 Å². The third kappa shape index (κ3) is 3.79. The normalized spacial score (nSPS) is 11.9. The first-order valence-corrected chi connectivity index (χ1v) is 6.41. The summed E-state index contributed by atoms with van der Waals surface area (Å²) in [5, 5.41) is 13.1. The Hall–Kier alpha value is -1.91. The molecule has 3 nitrogen and oxygen atoms in total. The molecule has 2 aromatic rings. The van der Waals surface area contributed by atoms with Gasteiger partial charge in [-0.3, -0.25) is 4.79 Å². The largest absolute Gasteiger partial charge is 0.387 e. The van der Waals surface area contributed by atoms with E-state index in [0.29, 0.717) is 16.1 Å². The van der Waals surface area contributed by atoms with E-state index in [4.69, 9.17) is 11.6 Å². The van der Waals surface area contributed by atoms with Gasteiger partial charge < -0.3 is 10.4 Å². The molecule has 0 aliphatic rings. The summed E-state index contributed by atoms with van der Waals surface area (Å²) in [6.45, 7) is 0.0521. The van der Waals surface area contributed by atoms with Crippen LogP contribution in [0.2, 0.25) is 5.02 Å². The van der Waals surface area contributed by atoms with Gasteiger partial charge >= 0.3 is 0 Å². The van der Waals surface area contributed by atoms with Crippen molar-refractivity contribution in [3.8, 4) is 0 Å². The second-order valence-electron chi connectivity index (χ2n) is 4.29. The van der Waals surface area contributed by atoms with Crippen molar-refractivity contribution in [2.45, 2.75) is 6.10 Å². The van der Waals surface area contributed by atoms with E-state index < -0.39 is 11.9 Å². The summed E-state index contributed by atoms with van der Waals surface area (Å²) < 4.78 is 12.7. The quantitative estimate of drug-likeness (QED) is 0.910. The zero-order chi connectivity index (χ0) is 14.5. The fraction of sp³-hybridized carbons (Fsp3) is 0.133. The number of hydrogen-bond donors (Lipinski definition) is 2. The van der Waals surface area contributed by atoms with Crippen molar-refractivity contribution < 1.29 is 14.3 Å². The monoisotopic (exact) mass is 293 g/mol. The van der Waals surface area contributed by atoms with Crippen LogP contribution in [0.25, 0.3) is 0 Å². The minimum atomic E-state index is -0.849. The van der Waals surface area contributed by atoms with E-state index >= 15 is 0 Å². The van der Waals surface area contributed by atoms with E-state index in [-0.39, 0.29) is 12.5 Å². The Labute approximate surface area is 121 Å². The lowest BCUT2D eigenvalue weighted by Gasteiger charge is -2.12. The number of aliphatic hydroxyl groups is 1. The Morgan fingerprint density at radius 1 is 1.25 bits per heavy atom. The summed E-state index contributed by atoms with van der Waals surface area (Å²) in [5.74, 6) is -0.772. The number of nitrogens with one attached hydrogen (secondary N) is 1. The first kappa shape index (κ1) is 14.5. The molecule has 0 saturated heterocycles. The maximum Gasteiger partial charge on any atom is 0.251 e. The van der Waals surface area contributed by atoms with Gasteiger partial charge in [0.05, 0.1) is 6.10 Å². The standard InChI is InChI=1S/C15H13ClFNO2/c16-12-3-1-2-11(8-12)14(19)9-18-15(20)10-4-6-13(17)7-5-10/h1-8,14,19H,9H2,(H,18,20). The molecule has 0 radical (unpaired) electrons. The lowest BCUT2D eigenvalue weighted by atomic mass is 10.1. The minimum absolute atomic E-state index is 0.0521. The van der Waals surface area contributed by atoms with Crippen LogP contribution in [-0.2, 0) is 0 Å². The maximum absolute atomic E-state index is 12.7. The molecule has 1 unspecified atom stereocenters. The van der Waals surface area contributed by atoms with Crippen LogP contribution in [0.15, 0.2) is 48.5 Å². The van der Waals surface area contributed by atoms with Crippen LogP contribution in [0.4, 0.5) is 4.39 Å². The molecule has 0 bridgehead atoms. The zero-order valence-corrected chi connectivity index (χ0v) is 11.3. The fourth-order valence-corrected chi connectivity index (χ4v) is 1.92. The molecule has 0 spiro atoms. The number of halogens is 2. The molecule has 0 fully saturated rings. The van der Waals surface area contributed by atoms with Gasteiger partial charge in [-0.1, -0.05) is 23.7 Å². The van der Waals surface area contributed by atoms with Gasteiger partial charge in [-0.05, 0) is 42.0 Å². The van der Waals surface area contributed by atoms with Crippen LogP contribution in [0.1, 0.15) is 22.0 Å². The molecule has 0 aromatic heterocycles. The molecule has 20 heavy (non-hydrogen) atoms. The summed E-state index contributed by atoms with van der Waals surface area (Å²) in [5.41, 5.74) is 0.960. The summed E-state index contributed by atoms with van der Waals surface area (Å²) in [6, 6.07) is 12.0. The fourth-order valence-electron chi connectivity index (χ4n) is 1.72. The van der Waals surface area contributed by atoms with Gasteiger partial charge in [0.25, 0.3) is 5.91 Å². The number of rotatable bonds is 4. The van der Waals surface area contributed by atoms with E-state index in [1.165, 1.54) is 24.3 Å². The number of amides is 1. The van der Waals surface area contributed by atoms with E-state index in [1.54, 1.807) is 24.3 Å². The lowest BCUT2D eigenvalue weighted by Crippen LogP contribution is -2.28. The van der Waals surface area contributed by atoms with E-state index in [1.807, 2.05) is 0 Å². The molecule has 1 amide bonds. The Balaban J connectivity index is 1.94. The van der Waals surface area contributed by atoms with Crippen LogP contribution in [0.5, 0.6) is 0 Å². The predicted molar refractivity (Wildman–Crippen MR) is 75.1 cm³/mol. The third-order valence-electron chi connectivity index (χ3n) is 2.80. The second kappa shape index (κ2) is 6.50. The van der Waals surface area contributed by atoms with Gasteiger partial charge in [0.15, 0.2) is 0 Å². The third-order valence-corrected chi connectivity index (χ3v) is 3.03. The highest BCUT2D eigenvalue weighted by Gasteiger charge is 2.11. The lowest BCUT2D eigenvalue weighted by molar-refractivity contribution is 0.0916. The molecule has 104 valence electrons. The van der Waals surface area contributed by atoms with E-state index in [2.05, 4.69) is 5.32 Å². The van der Waals surface area contributed by atoms with Crippen LogP contribution in [0, 0.1) is 5.82 Å². The smallest absolute Gasteiger partial charge is 0.251 e. The first-order chi connectivity index (χ1) is 9.56. The molecule has 1 atom stereocenters. The van der Waals surface area contributed by atoms with Crippen molar-refractivity contribution in [1.29, 1.82) is 0 Å². The highest BCUT2D eigenvalue weighted by atomic mass is 35.5. The number of carbonyl (C=O) groups is 1. The highest BCUT2D eigenvalue weighted by Crippen LogP contribution is 2.17. The molecule has 2 aromatic carbocycles. The topological polar surface area (TPSA) is 49.3 Å². The first-order valence-electron chi connectivity index (χ1n) is 6.03. The van der Waals surface area contributed by atoms with Crippen molar-refractivity contribution in [2.75, 3.05) is 6.54 Å². The molecule has 5 heteroatoms. The van der Waals surface area contributed by atoms with Crippen LogP contribution < -0.4 is 5.32 Å². The Morgan fingerprint density at radius 3 is 2.60 bits per heavy atom. The van der Waals surface area contributed by atoms with E-state index in [0.717, 1.165) is 0 Å².